The molecule has 0 fully saturated rings. The molecule has 0 bridgehead atoms. The van der Waals surface area contributed by atoms with Crippen LogP contribution in [0.3, 0.4) is 0 Å². The van der Waals surface area contributed by atoms with Gasteiger partial charge in [0.25, 0.3) is 11.5 Å². The van der Waals surface area contributed by atoms with Gasteiger partial charge >= 0.3 is 0 Å². The molecule has 0 saturated carbocycles. The summed E-state index contributed by atoms with van der Waals surface area (Å²) in [6.45, 7) is 0. The van der Waals surface area contributed by atoms with Gasteiger partial charge in [-0.15, -0.1) is 0 Å². The fourth-order valence-electron chi connectivity index (χ4n) is 1.75. The zero-order valence-electron chi connectivity index (χ0n) is 11.6. The minimum absolute atomic E-state index is 0.254. The zero-order chi connectivity index (χ0) is 15.4. The van der Waals surface area contributed by atoms with Gasteiger partial charge in [0.2, 0.25) is 0 Å². The molecule has 1 N–H and O–H groups in total. The van der Waals surface area contributed by atoms with E-state index in [2.05, 4.69) is 5.32 Å². The van der Waals surface area contributed by atoms with Crippen LogP contribution in [0.5, 0.6) is 5.75 Å². The maximum absolute atomic E-state index is 12.1. The first-order valence-corrected chi connectivity index (χ1v) is 6.11. The van der Waals surface area contributed by atoms with Crippen LogP contribution in [0.25, 0.3) is 0 Å². The molecule has 0 atom stereocenters. The third kappa shape index (κ3) is 3.09. The fraction of sp³-hybridized carbons (Fsp3) is 0.133. The summed E-state index contributed by atoms with van der Waals surface area (Å²) in [5, 5.41) is 11.5. The first-order chi connectivity index (χ1) is 10.0. The number of carbonyl (C=O) groups excluding carboxylic acids is 1. The lowest BCUT2D eigenvalue weighted by atomic mass is 10.2. The Kier molecular flexibility index (Phi) is 4.05. The van der Waals surface area contributed by atoms with E-state index in [1.807, 2.05) is 6.07 Å². The van der Waals surface area contributed by atoms with Crippen molar-refractivity contribution < 1.29 is 9.53 Å². The molecule has 21 heavy (non-hydrogen) atoms. The van der Waals surface area contributed by atoms with Crippen LogP contribution < -0.4 is 15.6 Å². The van der Waals surface area contributed by atoms with Gasteiger partial charge in [-0.05, 0) is 18.2 Å². The Labute approximate surface area is 121 Å². The van der Waals surface area contributed by atoms with Crippen LogP contribution in [0.15, 0.2) is 41.3 Å². The SMILES string of the molecule is COc1cc(C#N)ccc1NC(=O)c1ccn(C)c(=O)c1. The van der Waals surface area contributed by atoms with Gasteiger partial charge in [0.15, 0.2) is 0 Å². The maximum atomic E-state index is 12.1. The largest absolute Gasteiger partial charge is 0.495 e. The number of nitriles is 1. The quantitative estimate of drug-likeness (QED) is 0.925. The number of nitrogens with one attached hydrogen (secondary N) is 1. The molecular formula is C15H13N3O3. The Balaban J connectivity index is 2.29. The summed E-state index contributed by atoms with van der Waals surface area (Å²) >= 11 is 0. The molecule has 6 heteroatoms. The van der Waals surface area contributed by atoms with Gasteiger partial charge in [0, 0.05) is 30.9 Å². The molecule has 0 aliphatic heterocycles. The van der Waals surface area contributed by atoms with Gasteiger partial charge < -0.3 is 14.6 Å². The molecule has 0 aliphatic rings. The molecule has 1 aromatic heterocycles. The van der Waals surface area contributed by atoms with Crippen molar-refractivity contribution in [2.45, 2.75) is 0 Å². The number of aryl methyl sites for hydroxylation is 1. The number of aromatic nitrogens is 1. The molecule has 1 heterocycles. The highest BCUT2D eigenvalue weighted by Crippen LogP contribution is 2.25. The molecule has 0 radical (unpaired) electrons. The first kappa shape index (κ1) is 14.3. The number of carbonyl (C=O) groups is 1. The maximum Gasteiger partial charge on any atom is 0.256 e. The van der Waals surface area contributed by atoms with Crippen LogP contribution in [0, 0.1) is 11.3 Å². The number of hydrogen-bond acceptors (Lipinski definition) is 4. The second-order valence-electron chi connectivity index (χ2n) is 4.35. The minimum atomic E-state index is -0.421. The summed E-state index contributed by atoms with van der Waals surface area (Å²) in [6.07, 6.45) is 1.52. The Morgan fingerprint density at radius 2 is 2.10 bits per heavy atom. The van der Waals surface area contributed by atoms with E-state index in [9.17, 15) is 9.59 Å². The number of benzene rings is 1. The summed E-state index contributed by atoms with van der Waals surface area (Å²) in [4.78, 5) is 23.6. The van der Waals surface area contributed by atoms with Crippen molar-refractivity contribution in [3.8, 4) is 11.8 Å². The van der Waals surface area contributed by atoms with E-state index in [1.165, 1.54) is 30.0 Å². The van der Waals surface area contributed by atoms with E-state index in [-0.39, 0.29) is 11.1 Å². The molecule has 2 rings (SSSR count). The molecule has 0 saturated heterocycles. The minimum Gasteiger partial charge on any atom is -0.495 e. The van der Waals surface area contributed by atoms with Crippen molar-refractivity contribution in [3.63, 3.8) is 0 Å². The van der Waals surface area contributed by atoms with E-state index in [0.717, 1.165) is 0 Å². The highest BCUT2D eigenvalue weighted by Gasteiger charge is 2.11. The summed E-state index contributed by atoms with van der Waals surface area (Å²) in [5.74, 6) is -0.0399. The molecule has 2 aromatic rings. The lowest BCUT2D eigenvalue weighted by molar-refractivity contribution is 0.102. The first-order valence-electron chi connectivity index (χ1n) is 6.11. The Morgan fingerprint density at radius 3 is 2.71 bits per heavy atom. The fourth-order valence-corrected chi connectivity index (χ4v) is 1.75. The summed E-state index contributed by atoms with van der Waals surface area (Å²) < 4.78 is 6.51. The molecule has 0 aliphatic carbocycles. The van der Waals surface area contributed by atoms with Crippen molar-refractivity contribution in [1.82, 2.24) is 4.57 Å². The van der Waals surface area contributed by atoms with Gasteiger partial charge in [0.05, 0.1) is 24.4 Å². The number of pyridine rings is 1. The van der Waals surface area contributed by atoms with Crippen LogP contribution in [0.2, 0.25) is 0 Å². The summed E-state index contributed by atoms with van der Waals surface area (Å²) in [6, 6.07) is 9.47. The third-order valence-corrected chi connectivity index (χ3v) is 2.95. The normalized spacial score (nSPS) is 9.76. The average molecular weight is 283 g/mol. The van der Waals surface area contributed by atoms with Crippen LogP contribution in [0.1, 0.15) is 15.9 Å². The van der Waals surface area contributed by atoms with Crippen LogP contribution in [-0.4, -0.2) is 17.6 Å². The van der Waals surface area contributed by atoms with Gasteiger partial charge in [0.1, 0.15) is 5.75 Å². The van der Waals surface area contributed by atoms with Crippen molar-refractivity contribution in [1.29, 1.82) is 5.26 Å². The molecular weight excluding hydrogens is 270 g/mol. The van der Waals surface area contributed by atoms with Gasteiger partial charge in [-0.2, -0.15) is 5.26 Å². The lowest BCUT2D eigenvalue weighted by Crippen LogP contribution is -2.20. The topological polar surface area (TPSA) is 84.1 Å². The highest BCUT2D eigenvalue weighted by molar-refractivity contribution is 6.04. The van der Waals surface area contributed by atoms with E-state index in [4.69, 9.17) is 10.00 Å². The third-order valence-electron chi connectivity index (χ3n) is 2.95. The van der Waals surface area contributed by atoms with E-state index in [0.29, 0.717) is 17.0 Å². The van der Waals surface area contributed by atoms with Gasteiger partial charge in [-0.1, -0.05) is 0 Å². The van der Waals surface area contributed by atoms with Crippen molar-refractivity contribution in [2.24, 2.45) is 7.05 Å². The predicted octanol–water partition coefficient (Wildman–Crippen LogP) is 1.52. The molecule has 0 unspecified atom stereocenters. The van der Waals surface area contributed by atoms with Crippen LogP contribution in [0.4, 0.5) is 5.69 Å². The number of methoxy groups -OCH3 is 1. The second-order valence-corrected chi connectivity index (χ2v) is 4.35. The number of rotatable bonds is 3. The smallest absolute Gasteiger partial charge is 0.256 e. The average Bonchev–Trinajstić information content (AvgIpc) is 2.50. The number of hydrogen-bond donors (Lipinski definition) is 1. The second kappa shape index (κ2) is 5.92. The molecule has 1 aromatic carbocycles. The number of amides is 1. The molecule has 6 nitrogen and oxygen atoms in total. The molecule has 106 valence electrons. The zero-order valence-corrected chi connectivity index (χ0v) is 11.6. The predicted molar refractivity (Wildman–Crippen MR) is 77.3 cm³/mol. The number of anilines is 1. The van der Waals surface area contributed by atoms with E-state index >= 15 is 0 Å². The van der Waals surface area contributed by atoms with Gasteiger partial charge in [-0.3, -0.25) is 9.59 Å². The number of nitrogens with zero attached hydrogens (tertiary/aromatic N) is 2. The summed E-state index contributed by atoms with van der Waals surface area (Å²) in [7, 11) is 3.05. The van der Waals surface area contributed by atoms with Crippen molar-refractivity contribution in [2.75, 3.05) is 12.4 Å². The monoisotopic (exact) mass is 283 g/mol. The Bertz CT molecular complexity index is 787. The molecule has 1 amide bonds. The van der Waals surface area contributed by atoms with E-state index in [1.54, 1.807) is 25.2 Å². The summed E-state index contributed by atoms with van der Waals surface area (Å²) in [5.41, 5.74) is 0.847. The van der Waals surface area contributed by atoms with Crippen LogP contribution in [-0.2, 0) is 7.05 Å². The highest BCUT2D eigenvalue weighted by atomic mass is 16.5. The Morgan fingerprint density at radius 1 is 1.33 bits per heavy atom. The van der Waals surface area contributed by atoms with E-state index < -0.39 is 5.91 Å². The number of ether oxygens (including phenoxy) is 1. The van der Waals surface area contributed by atoms with Crippen molar-refractivity contribution >= 4 is 11.6 Å². The van der Waals surface area contributed by atoms with Crippen LogP contribution >= 0.6 is 0 Å². The lowest BCUT2D eigenvalue weighted by Gasteiger charge is -2.10. The van der Waals surface area contributed by atoms with Gasteiger partial charge in [-0.25, -0.2) is 0 Å². The van der Waals surface area contributed by atoms with Crippen molar-refractivity contribution in [3.05, 3.63) is 58.0 Å². The standard InChI is InChI=1S/C15H13N3O3/c1-18-6-5-11(8-14(18)19)15(20)17-12-4-3-10(9-16)7-13(12)21-2/h3-8H,1-2H3,(H,17,20). The Hall–Kier alpha value is -3.07. The molecule has 0 spiro atoms.